The average molecular weight is 306 g/mol. The molecule has 0 unspecified atom stereocenters. The molecule has 1 amide bonds. The number of nitrogens with one attached hydrogen (secondary N) is 1. The summed E-state index contributed by atoms with van der Waals surface area (Å²) in [5, 5.41) is 13.8. The molecule has 0 heterocycles. The van der Waals surface area contributed by atoms with Crippen molar-refractivity contribution >= 4 is 11.6 Å². The molecule has 1 fully saturated rings. The number of rotatable bonds is 5. The molecule has 0 bridgehead atoms. The lowest BCUT2D eigenvalue weighted by Gasteiger charge is -2.16. The third kappa shape index (κ3) is 4.72. The van der Waals surface area contributed by atoms with E-state index < -0.39 is 4.92 Å². The standard InChI is InChI=1S/C16H22N2O4/c1-12-10-14(8-9-15(12)18(20)21)22-11-16(19)17-13-6-4-2-3-5-7-13/h8-10,13H,2-7,11H2,1H3,(H,17,19). The molecular formula is C16H22N2O4. The summed E-state index contributed by atoms with van der Waals surface area (Å²) in [5.41, 5.74) is 0.571. The van der Waals surface area contributed by atoms with E-state index in [4.69, 9.17) is 4.74 Å². The third-order valence-corrected chi connectivity index (χ3v) is 3.96. The normalized spacial score (nSPS) is 15.9. The highest BCUT2D eigenvalue weighted by Crippen LogP contribution is 2.23. The van der Waals surface area contributed by atoms with Crippen molar-refractivity contribution in [3.05, 3.63) is 33.9 Å². The predicted octanol–water partition coefficient (Wildman–Crippen LogP) is 3.12. The average Bonchev–Trinajstić information content (AvgIpc) is 2.73. The van der Waals surface area contributed by atoms with E-state index in [0.29, 0.717) is 11.3 Å². The number of nitrogens with zero attached hydrogens (tertiary/aromatic N) is 1. The summed E-state index contributed by atoms with van der Waals surface area (Å²) in [6, 6.07) is 4.74. The summed E-state index contributed by atoms with van der Waals surface area (Å²) in [4.78, 5) is 22.2. The fourth-order valence-electron chi connectivity index (χ4n) is 2.76. The van der Waals surface area contributed by atoms with Gasteiger partial charge in [-0.15, -0.1) is 0 Å². The molecule has 6 heteroatoms. The van der Waals surface area contributed by atoms with Crippen LogP contribution in [0.2, 0.25) is 0 Å². The SMILES string of the molecule is Cc1cc(OCC(=O)NC2CCCCCC2)ccc1[N+](=O)[O-]. The van der Waals surface area contributed by atoms with Gasteiger partial charge in [0.15, 0.2) is 6.61 Å². The van der Waals surface area contributed by atoms with Gasteiger partial charge in [0, 0.05) is 17.7 Å². The lowest BCUT2D eigenvalue weighted by molar-refractivity contribution is -0.385. The van der Waals surface area contributed by atoms with E-state index in [1.807, 2.05) is 0 Å². The maximum Gasteiger partial charge on any atom is 0.272 e. The first-order chi connectivity index (χ1) is 10.6. The van der Waals surface area contributed by atoms with Crippen molar-refractivity contribution in [1.29, 1.82) is 0 Å². The smallest absolute Gasteiger partial charge is 0.272 e. The second-order valence-corrected chi connectivity index (χ2v) is 5.75. The minimum atomic E-state index is -0.433. The molecule has 2 rings (SSSR count). The summed E-state index contributed by atoms with van der Waals surface area (Å²) < 4.78 is 5.42. The Labute approximate surface area is 130 Å². The fourth-order valence-corrected chi connectivity index (χ4v) is 2.76. The molecule has 0 atom stereocenters. The topological polar surface area (TPSA) is 81.5 Å². The molecule has 0 radical (unpaired) electrons. The van der Waals surface area contributed by atoms with E-state index in [-0.39, 0.29) is 24.2 Å². The van der Waals surface area contributed by atoms with Crippen LogP contribution >= 0.6 is 0 Å². The van der Waals surface area contributed by atoms with Crippen LogP contribution in [0.1, 0.15) is 44.1 Å². The number of hydrogen-bond acceptors (Lipinski definition) is 4. The van der Waals surface area contributed by atoms with Gasteiger partial charge in [0.05, 0.1) is 4.92 Å². The number of aryl methyl sites for hydroxylation is 1. The van der Waals surface area contributed by atoms with Gasteiger partial charge in [0.2, 0.25) is 0 Å². The Bertz CT molecular complexity index is 537. The number of nitro groups is 1. The highest BCUT2D eigenvalue weighted by molar-refractivity contribution is 5.77. The fraction of sp³-hybridized carbons (Fsp3) is 0.562. The summed E-state index contributed by atoms with van der Waals surface area (Å²) >= 11 is 0. The summed E-state index contributed by atoms with van der Waals surface area (Å²) in [7, 11) is 0. The molecule has 1 aliphatic carbocycles. The molecule has 1 aliphatic rings. The summed E-state index contributed by atoms with van der Waals surface area (Å²) in [6.07, 6.45) is 6.86. The summed E-state index contributed by atoms with van der Waals surface area (Å²) in [6.45, 7) is 1.59. The van der Waals surface area contributed by atoms with Gasteiger partial charge >= 0.3 is 0 Å². The van der Waals surface area contributed by atoms with Gasteiger partial charge < -0.3 is 10.1 Å². The van der Waals surface area contributed by atoms with Crippen LogP contribution in [0.4, 0.5) is 5.69 Å². The van der Waals surface area contributed by atoms with Crippen molar-refractivity contribution in [1.82, 2.24) is 5.32 Å². The van der Waals surface area contributed by atoms with E-state index in [1.54, 1.807) is 13.0 Å². The number of amides is 1. The predicted molar refractivity (Wildman–Crippen MR) is 83.0 cm³/mol. The van der Waals surface area contributed by atoms with Crippen molar-refractivity contribution in [2.45, 2.75) is 51.5 Å². The molecule has 6 nitrogen and oxygen atoms in total. The number of benzene rings is 1. The van der Waals surface area contributed by atoms with E-state index in [0.717, 1.165) is 25.7 Å². The molecule has 0 aromatic heterocycles. The molecule has 120 valence electrons. The molecule has 1 N–H and O–H groups in total. The Morgan fingerprint density at radius 3 is 2.59 bits per heavy atom. The first-order valence-electron chi connectivity index (χ1n) is 7.73. The first-order valence-corrected chi connectivity index (χ1v) is 7.73. The van der Waals surface area contributed by atoms with Crippen LogP contribution < -0.4 is 10.1 Å². The van der Waals surface area contributed by atoms with Gasteiger partial charge in [-0.1, -0.05) is 25.7 Å². The Kier molecular flexibility index (Phi) is 5.75. The van der Waals surface area contributed by atoms with Crippen molar-refractivity contribution in [3.63, 3.8) is 0 Å². The van der Waals surface area contributed by atoms with Gasteiger partial charge in [0.25, 0.3) is 11.6 Å². The molecule has 0 spiro atoms. The minimum absolute atomic E-state index is 0.0512. The Hall–Kier alpha value is -2.11. The number of hydrogen-bond donors (Lipinski definition) is 1. The molecule has 0 saturated heterocycles. The highest BCUT2D eigenvalue weighted by Gasteiger charge is 2.15. The van der Waals surface area contributed by atoms with E-state index in [1.165, 1.54) is 25.0 Å². The Morgan fingerprint density at radius 2 is 2.00 bits per heavy atom. The number of carbonyl (C=O) groups excluding carboxylic acids is 1. The van der Waals surface area contributed by atoms with E-state index in [2.05, 4.69) is 5.32 Å². The Balaban J connectivity index is 1.83. The van der Waals surface area contributed by atoms with Crippen LogP contribution in [0, 0.1) is 17.0 Å². The molecule has 1 saturated carbocycles. The maximum atomic E-state index is 11.9. The summed E-state index contributed by atoms with van der Waals surface area (Å²) in [5.74, 6) is 0.335. The van der Waals surface area contributed by atoms with Crippen LogP contribution in [-0.4, -0.2) is 23.5 Å². The van der Waals surface area contributed by atoms with Crippen LogP contribution in [0.3, 0.4) is 0 Å². The van der Waals surface area contributed by atoms with Crippen LogP contribution in [0.15, 0.2) is 18.2 Å². The maximum absolute atomic E-state index is 11.9. The van der Waals surface area contributed by atoms with Crippen molar-refractivity contribution in [2.24, 2.45) is 0 Å². The lowest BCUT2D eigenvalue weighted by atomic mass is 10.1. The number of nitro benzene ring substituents is 1. The zero-order valence-corrected chi connectivity index (χ0v) is 12.8. The second-order valence-electron chi connectivity index (χ2n) is 5.75. The monoisotopic (exact) mass is 306 g/mol. The van der Waals surface area contributed by atoms with Crippen LogP contribution in [0.5, 0.6) is 5.75 Å². The zero-order chi connectivity index (χ0) is 15.9. The molecular weight excluding hydrogens is 284 g/mol. The second kappa shape index (κ2) is 7.77. The van der Waals surface area contributed by atoms with Gasteiger partial charge in [0.1, 0.15) is 5.75 Å². The van der Waals surface area contributed by atoms with Gasteiger partial charge in [-0.2, -0.15) is 0 Å². The quantitative estimate of drug-likeness (QED) is 0.515. The highest BCUT2D eigenvalue weighted by atomic mass is 16.6. The largest absolute Gasteiger partial charge is 0.484 e. The van der Waals surface area contributed by atoms with Crippen molar-refractivity contribution in [2.75, 3.05) is 6.61 Å². The van der Waals surface area contributed by atoms with Crippen LogP contribution in [0.25, 0.3) is 0 Å². The Morgan fingerprint density at radius 1 is 1.32 bits per heavy atom. The zero-order valence-electron chi connectivity index (χ0n) is 12.8. The van der Waals surface area contributed by atoms with Crippen molar-refractivity contribution < 1.29 is 14.5 Å². The van der Waals surface area contributed by atoms with Crippen molar-refractivity contribution in [3.8, 4) is 5.75 Å². The molecule has 1 aromatic carbocycles. The van der Waals surface area contributed by atoms with E-state index >= 15 is 0 Å². The third-order valence-electron chi connectivity index (χ3n) is 3.96. The lowest BCUT2D eigenvalue weighted by Crippen LogP contribution is -2.37. The van der Waals surface area contributed by atoms with E-state index in [9.17, 15) is 14.9 Å². The number of carbonyl (C=O) groups is 1. The molecule has 0 aliphatic heterocycles. The molecule has 1 aromatic rings. The molecule has 22 heavy (non-hydrogen) atoms. The van der Waals surface area contributed by atoms with Gasteiger partial charge in [-0.25, -0.2) is 0 Å². The first kappa shape index (κ1) is 16.3. The minimum Gasteiger partial charge on any atom is -0.484 e. The van der Waals surface area contributed by atoms with Gasteiger partial charge in [-0.05, 0) is 31.9 Å². The van der Waals surface area contributed by atoms with Gasteiger partial charge in [-0.3, -0.25) is 14.9 Å². The number of ether oxygens (including phenoxy) is 1. The van der Waals surface area contributed by atoms with Crippen LogP contribution in [-0.2, 0) is 4.79 Å².